The maximum Gasteiger partial charge on any atom is 0.234 e. The predicted octanol–water partition coefficient (Wildman–Crippen LogP) is 5.65. The summed E-state index contributed by atoms with van der Waals surface area (Å²) in [5, 5.41) is 2.86. The minimum atomic E-state index is -0.273. The van der Waals surface area contributed by atoms with Crippen molar-refractivity contribution in [1.82, 2.24) is 9.97 Å². The van der Waals surface area contributed by atoms with E-state index in [9.17, 15) is 9.59 Å². The van der Waals surface area contributed by atoms with Gasteiger partial charge < -0.3 is 0 Å². The van der Waals surface area contributed by atoms with E-state index < -0.39 is 0 Å². The van der Waals surface area contributed by atoms with Crippen LogP contribution in [-0.2, 0) is 11.2 Å². The van der Waals surface area contributed by atoms with E-state index in [1.165, 1.54) is 5.56 Å². The van der Waals surface area contributed by atoms with Gasteiger partial charge in [-0.3, -0.25) is 14.9 Å². The lowest BCUT2D eigenvalue weighted by molar-refractivity contribution is -0.117. The molecule has 0 spiro atoms. The monoisotopic (exact) mass is 427 g/mol. The number of rotatable bonds is 6. The fourth-order valence-electron chi connectivity index (χ4n) is 4.35. The number of anilines is 1. The van der Waals surface area contributed by atoms with Gasteiger partial charge in [-0.2, -0.15) is 0 Å². The lowest BCUT2D eigenvalue weighted by Gasteiger charge is -2.24. The Hall–Kier alpha value is -3.34. The highest BCUT2D eigenvalue weighted by Crippen LogP contribution is 2.33. The number of hydrogen-bond acceptors (Lipinski definition) is 4. The number of carbonyl (C=O) groups is 2. The van der Waals surface area contributed by atoms with Crippen LogP contribution in [0.5, 0.6) is 0 Å². The molecule has 32 heavy (non-hydrogen) atoms. The highest BCUT2D eigenvalue weighted by atomic mass is 16.2. The molecule has 1 amide bonds. The number of hydrogen-bond donors (Lipinski definition) is 1. The van der Waals surface area contributed by atoms with E-state index in [0.717, 1.165) is 11.1 Å². The van der Waals surface area contributed by atoms with Gasteiger partial charge in [0.05, 0.1) is 17.2 Å². The molecule has 2 atom stereocenters. The third-order valence-corrected chi connectivity index (χ3v) is 6.28. The largest absolute Gasteiger partial charge is 0.294 e. The van der Waals surface area contributed by atoms with Crippen LogP contribution in [0.15, 0.2) is 60.8 Å². The Bertz CT molecular complexity index is 1110. The number of Topliss-reactive ketones (excluding diaryl/α,β-unsaturated/α-hetero) is 1. The average Bonchev–Trinajstić information content (AvgIpc) is 2.80. The van der Waals surface area contributed by atoms with Crippen LogP contribution < -0.4 is 5.32 Å². The molecule has 0 saturated carbocycles. The predicted molar refractivity (Wildman–Crippen MR) is 126 cm³/mol. The van der Waals surface area contributed by atoms with Crippen molar-refractivity contribution in [3.05, 3.63) is 88.7 Å². The highest BCUT2D eigenvalue weighted by molar-refractivity contribution is 5.99. The van der Waals surface area contributed by atoms with Crippen LogP contribution >= 0.6 is 0 Å². The molecule has 0 unspecified atom stereocenters. The van der Waals surface area contributed by atoms with Crippen molar-refractivity contribution in [2.75, 3.05) is 5.32 Å². The second-order valence-electron chi connectivity index (χ2n) is 8.76. The number of ketones is 1. The maximum atomic E-state index is 12.9. The summed E-state index contributed by atoms with van der Waals surface area (Å²) in [6, 6.07) is 18.2. The molecule has 0 saturated heterocycles. The van der Waals surface area contributed by atoms with Crippen LogP contribution in [-0.4, -0.2) is 21.7 Å². The molecule has 1 N–H and O–H groups in total. The molecule has 164 valence electrons. The summed E-state index contributed by atoms with van der Waals surface area (Å²) >= 11 is 0. The third-order valence-electron chi connectivity index (χ3n) is 6.28. The third kappa shape index (κ3) is 4.62. The van der Waals surface area contributed by atoms with Gasteiger partial charge in [0.15, 0.2) is 5.78 Å². The molecule has 0 bridgehead atoms. The number of aromatic nitrogens is 2. The molecule has 3 aromatic rings. The van der Waals surface area contributed by atoms with Gasteiger partial charge in [0, 0.05) is 12.6 Å². The zero-order valence-corrected chi connectivity index (χ0v) is 18.8. The first-order chi connectivity index (χ1) is 15.5. The van der Waals surface area contributed by atoms with Gasteiger partial charge in [0.25, 0.3) is 0 Å². The number of amides is 1. The van der Waals surface area contributed by atoms with Crippen molar-refractivity contribution < 1.29 is 9.59 Å². The standard InChI is InChI=1S/C27H29N3O2/c1-4-22(20-8-6-5-7-9-20)26(32)30-27-28-16-23-24(29-27)14-21(15-25(23)31)19-12-10-18(11-13-19)17(2)3/h5-13,16-17,21-22H,4,14-15H2,1-3H3,(H,28,29,30,32)/t21-,22+/m1/s1. The zero-order chi connectivity index (χ0) is 22.7. The normalized spacial score (nSPS) is 16.5. The summed E-state index contributed by atoms with van der Waals surface area (Å²) in [5.41, 5.74) is 4.66. The van der Waals surface area contributed by atoms with Gasteiger partial charge in [0.2, 0.25) is 11.9 Å². The number of benzene rings is 2. The van der Waals surface area contributed by atoms with E-state index in [1.807, 2.05) is 37.3 Å². The average molecular weight is 428 g/mol. The first kappa shape index (κ1) is 21.9. The van der Waals surface area contributed by atoms with Crippen molar-refractivity contribution in [1.29, 1.82) is 0 Å². The summed E-state index contributed by atoms with van der Waals surface area (Å²) in [6.45, 7) is 6.32. The Balaban J connectivity index is 1.53. The topological polar surface area (TPSA) is 72.0 Å². The minimum absolute atomic E-state index is 0.0535. The van der Waals surface area contributed by atoms with Crippen molar-refractivity contribution >= 4 is 17.6 Å². The summed E-state index contributed by atoms with van der Waals surface area (Å²) in [7, 11) is 0. The Morgan fingerprint density at radius 1 is 1.03 bits per heavy atom. The van der Waals surface area contributed by atoms with Crippen LogP contribution in [0.3, 0.4) is 0 Å². The van der Waals surface area contributed by atoms with Gasteiger partial charge in [-0.25, -0.2) is 9.97 Å². The molecule has 1 aromatic heterocycles. The molecule has 1 heterocycles. The summed E-state index contributed by atoms with van der Waals surface area (Å²) in [6.07, 6.45) is 3.34. The van der Waals surface area contributed by atoms with Crippen molar-refractivity contribution in [3.8, 4) is 0 Å². The van der Waals surface area contributed by atoms with Gasteiger partial charge >= 0.3 is 0 Å². The molecule has 0 fully saturated rings. The van der Waals surface area contributed by atoms with E-state index in [2.05, 4.69) is 53.4 Å². The van der Waals surface area contributed by atoms with Crippen LogP contribution in [0, 0.1) is 0 Å². The van der Waals surface area contributed by atoms with Gasteiger partial charge in [-0.05, 0) is 41.4 Å². The molecular weight excluding hydrogens is 398 g/mol. The van der Waals surface area contributed by atoms with Crippen LogP contribution in [0.4, 0.5) is 5.95 Å². The lowest BCUT2D eigenvalue weighted by Crippen LogP contribution is -2.25. The Morgan fingerprint density at radius 3 is 2.41 bits per heavy atom. The Labute approximate surface area is 189 Å². The molecule has 5 nitrogen and oxygen atoms in total. The summed E-state index contributed by atoms with van der Waals surface area (Å²) in [5.74, 6) is 0.456. The molecule has 1 aliphatic rings. The molecule has 0 aliphatic heterocycles. The highest BCUT2D eigenvalue weighted by Gasteiger charge is 2.29. The van der Waals surface area contributed by atoms with Crippen molar-refractivity contribution in [3.63, 3.8) is 0 Å². The molecular formula is C27H29N3O2. The molecule has 1 aliphatic carbocycles. The quantitative estimate of drug-likeness (QED) is 0.552. The van der Waals surface area contributed by atoms with E-state index in [-0.39, 0.29) is 29.5 Å². The first-order valence-electron chi connectivity index (χ1n) is 11.3. The number of fused-ring (bicyclic) bond motifs is 1. The van der Waals surface area contributed by atoms with Gasteiger partial charge in [-0.15, -0.1) is 0 Å². The van der Waals surface area contributed by atoms with Gasteiger partial charge in [0.1, 0.15) is 0 Å². The molecule has 2 aromatic carbocycles. The fraction of sp³-hybridized carbons (Fsp3) is 0.333. The maximum absolute atomic E-state index is 12.9. The van der Waals surface area contributed by atoms with Crippen LogP contribution in [0.25, 0.3) is 0 Å². The van der Waals surface area contributed by atoms with Crippen molar-refractivity contribution in [2.45, 2.75) is 57.8 Å². The Kier molecular flexibility index (Phi) is 6.45. The second-order valence-corrected chi connectivity index (χ2v) is 8.76. The van der Waals surface area contributed by atoms with E-state index in [4.69, 9.17) is 0 Å². The minimum Gasteiger partial charge on any atom is -0.294 e. The first-order valence-corrected chi connectivity index (χ1v) is 11.3. The van der Waals surface area contributed by atoms with E-state index in [1.54, 1.807) is 6.20 Å². The smallest absolute Gasteiger partial charge is 0.234 e. The number of carbonyl (C=O) groups excluding carboxylic acids is 2. The SMILES string of the molecule is CC[C@H](C(=O)Nc1ncc2c(n1)C[C@@H](c1ccc(C(C)C)cc1)CC2=O)c1ccccc1. The summed E-state index contributed by atoms with van der Waals surface area (Å²) in [4.78, 5) is 34.5. The van der Waals surface area contributed by atoms with E-state index in [0.29, 0.717) is 36.4 Å². The van der Waals surface area contributed by atoms with Crippen LogP contribution in [0.1, 0.15) is 84.1 Å². The number of nitrogens with zero attached hydrogens (tertiary/aromatic N) is 2. The lowest BCUT2D eigenvalue weighted by atomic mass is 9.81. The van der Waals surface area contributed by atoms with Crippen LogP contribution in [0.2, 0.25) is 0 Å². The zero-order valence-electron chi connectivity index (χ0n) is 18.8. The molecule has 0 radical (unpaired) electrons. The van der Waals surface area contributed by atoms with Crippen molar-refractivity contribution in [2.24, 2.45) is 0 Å². The molecule has 4 rings (SSSR count). The molecule has 5 heteroatoms. The summed E-state index contributed by atoms with van der Waals surface area (Å²) < 4.78 is 0. The van der Waals surface area contributed by atoms with E-state index >= 15 is 0 Å². The second kappa shape index (κ2) is 9.43. The fourth-order valence-corrected chi connectivity index (χ4v) is 4.35. The van der Waals surface area contributed by atoms with Gasteiger partial charge in [-0.1, -0.05) is 75.4 Å². The Morgan fingerprint density at radius 2 is 1.75 bits per heavy atom. The number of nitrogens with one attached hydrogen (secondary N) is 1.